The second-order valence-corrected chi connectivity index (χ2v) is 5.96. The number of amides is 1. The highest BCUT2D eigenvalue weighted by molar-refractivity contribution is 14.1. The minimum atomic E-state index is -0.460. The standard InChI is InChI=1S/C12H10IN3O3S/c13-7-1-3-8(4-2-7)14-11(19)6-20-12-15-9(17)5-10(18)16-12/h1-5H,6H2,(H,14,19)(H2,15,16,17,18). The number of hydrogen-bond donors (Lipinski definition) is 3. The number of thioether (sulfide) groups is 1. The number of anilines is 1. The van der Waals surface area contributed by atoms with Crippen LogP contribution in [-0.2, 0) is 4.79 Å². The van der Waals surface area contributed by atoms with Gasteiger partial charge in [-0.15, -0.1) is 0 Å². The van der Waals surface area contributed by atoms with E-state index in [9.17, 15) is 14.7 Å². The predicted octanol–water partition coefficient (Wildman–Crippen LogP) is 1.81. The van der Waals surface area contributed by atoms with Crippen molar-refractivity contribution < 1.29 is 9.90 Å². The number of carbonyl (C=O) groups is 1. The van der Waals surface area contributed by atoms with Gasteiger partial charge in [0.05, 0.1) is 11.8 Å². The average molecular weight is 403 g/mol. The largest absolute Gasteiger partial charge is 0.493 e. The summed E-state index contributed by atoms with van der Waals surface area (Å²) in [5, 5.41) is 12.1. The van der Waals surface area contributed by atoms with E-state index in [1.165, 1.54) is 0 Å². The van der Waals surface area contributed by atoms with Crippen molar-refractivity contribution >= 4 is 45.9 Å². The molecule has 0 aliphatic carbocycles. The molecule has 2 aromatic rings. The number of aromatic amines is 1. The van der Waals surface area contributed by atoms with E-state index < -0.39 is 5.56 Å². The summed E-state index contributed by atoms with van der Waals surface area (Å²) in [6.45, 7) is 0. The molecule has 1 heterocycles. The first-order valence-electron chi connectivity index (χ1n) is 5.51. The van der Waals surface area contributed by atoms with E-state index in [0.29, 0.717) is 5.69 Å². The Bertz CT molecular complexity index is 672. The Balaban J connectivity index is 1.92. The predicted molar refractivity (Wildman–Crippen MR) is 85.0 cm³/mol. The monoisotopic (exact) mass is 403 g/mol. The molecule has 0 aliphatic rings. The van der Waals surface area contributed by atoms with Crippen LogP contribution in [0, 0.1) is 3.57 Å². The molecule has 0 saturated carbocycles. The summed E-state index contributed by atoms with van der Waals surface area (Å²) in [7, 11) is 0. The fourth-order valence-corrected chi connectivity index (χ4v) is 2.39. The summed E-state index contributed by atoms with van der Waals surface area (Å²) in [6.07, 6.45) is 0. The molecule has 0 spiro atoms. The van der Waals surface area contributed by atoms with E-state index in [2.05, 4.69) is 37.9 Å². The molecule has 0 unspecified atom stereocenters. The number of aromatic nitrogens is 2. The van der Waals surface area contributed by atoms with E-state index in [-0.39, 0.29) is 22.7 Å². The van der Waals surface area contributed by atoms with E-state index in [4.69, 9.17) is 0 Å². The van der Waals surface area contributed by atoms with Gasteiger partial charge in [0.25, 0.3) is 5.56 Å². The van der Waals surface area contributed by atoms with Gasteiger partial charge in [-0.2, -0.15) is 4.98 Å². The zero-order valence-corrected chi connectivity index (χ0v) is 13.1. The maximum absolute atomic E-state index is 11.7. The SMILES string of the molecule is O=C(CSc1nc(O)cc(=O)[nH]1)Nc1ccc(I)cc1. The van der Waals surface area contributed by atoms with Crippen LogP contribution in [0.3, 0.4) is 0 Å². The van der Waals surface area contributed by atoms with Gasteiger partial charge >= 0.3 is 0 Å². The fraction of sp³-hybridized carbons (Fsp3) is 0.0833. The highest BCUT2D eigenvalue weighted by Gasteiger charge is 2.06. The van der Waals surface area contributed by atoms with Crippen molar-refractivity contribution in [1.29, 1.82) is 0 Å². The number of nitrogens with one attached hydrogen (secondary N) is 2. The van der Waals surface area contributed by atoms with E-state index in [1.807, 2.05) is 12.1 Å². The van der Waals surface area contributed by atoms with Crippen molar-refractivity contribution in [2.24, 2.45) is 0 Å². The van der Waals surface area contributed by atoms with Crippen molar-refractivity contribution in [2.75, 3.05) is 11.1 Å². The molecule has 104 valence electrons. The van der Waals surface area contributed by atoms with E-state index >= 15 is 0 Å². The van der Waals surface area contributed by atoms with Crippen LogP contribution in [0.2, 0.25) is 0 Å². The molecule has 20 heavy (non-hydrogen) atoms. The minimum absolute atomic E-state index is 0.0817. The Kier molecular flexibility index (Phi) is 5.01. The Morgan fingerprint density at radius 2 is 2.10 bits per heavy atom. The molecule has 1 amide bonds. The average Bonchev–Trinajstić information content (AvgIpc) is 2.38. The zero-order chi connectivity index (χ0) is 14.5. The highest BCUT2D eigenvalue weighted by Crippen LogP contribution is 2.15. The lowest BCUT2D eigenvalue weighted by molar-refractivity contribution is -0.113. The lowest BCUT2D eigenvalue weighted by atomic mass is 10.3. The maximum Gasteiger partial charge on any atom is 0.255 e. The molecular weight excluding hydrogens is 393 g/mol. The third-order valence-corrected chi connectivity index (χ3v) is 3.77. The number of rotatable bonds is 4. The normalized spacial score (nSPS) is 10.2. The summed E-state index contributed by atoms with van der Waals surface area (Å²) in [4.78, 5) is 29.0. The quantitative estimate of drug-likeness (QED) is 0.411. The van der Waals surface area contributed by atoms with Crippen molar-refractivity contribution in [2.45, 2.75) is 5.16 Å². The molecule has 0 fully saturated rings. The van der Waals surface area contributed by atoms with Crippen LogP contribution in [0.4, 0.5) is 5.69 Å². The smallest absolute Gasteiger partial charge is 0.255 e. The van der Waals surface area contributed by atoms with Crippen molar-refractivity contribution in [1.82, 2.24) is 9.97 Å². The van der Waals surface area contributed by atoms with E-state index in [0.717, 1.165) is 21.4 Å². The lowest BCUT2D eigenvalue weighted by Gasteiger charge is -2.05. The Morgan fingerprint density at radius 1 is 1.40 bits per heavy atom. The molecule has 3 N–H and O–H groups in total. The van der Waals surface area contributed by atoms with Gasteiger partial charge in [-0.25, -0.2) is 0 Å². The topological polar surface area (TPSA) is 95.1 Å². The number of benzene rings is 1. The molecule has 0 atom stereocenters. The van der Waals surface area contributed by atoms with Crippen LogP contribution < -0.4 is 10.9 Å². The van der Waals surface area contributed by atoms with Gasteiger partial charge in [0, 0.05) is 9.26 Å². The van der Waals surface area contributed by atoms with E-state index in [1.54, 1.807) is 12.1 Å². The molecule has 6 nitrogen and oxygen atoms in total. The summed E-state index contributed by atoms with van der Waals surface area (Å²) in [6, 6.07) is 8.35. The fourth-order valence-electron chi connectivity index (χ4n) is 1.36. The number of aromatic hydroxyl groups is 1. The molecule has 8 heteroatoms. The van der Waals surface area contributed by atoms with Crippen LogP contribution >= 0.6 is 34.4 Å². The molecular formula is C12H10IN3O3S. The Morgan fingerprint density at radius 3 is 2.75 bits per heavy atom. The van der Waals surface area contributed by atoms with Crippen molar-refractivity contribution in [3.8, 4) is 5.88 Å². The van der Waals surface area contributed by atoms with Crippen LogP contribution in [0.5, 0.6) is 5.88 Å². The number of hydrogen-bond acceptors (Lipinski definition) is 5. The molecule has 0 saturated heterocycles. The summed E-state index contributed by atoms with van der Waals surface area (Å²) >= 11 is 3.22. The molecule has 0 bridgehead atoms. The van der Waals surface area contributed by atoms with Crippen LogP contribution in [0.25, 0.3) is 0 Å². The first kappa shape index (κ1) is 14.9. The molecule has 0 aliphatic heterocycles. The summed E-state index contributed by atoms with van der Waals surface area (Å²) < 4.78 is 1.08. The highest BCUT2D eigenvalue weighted by atomic mass is 127. The van der Waals surface area contributed by atoms with Gasteiger partial charge in [0.1, 0.15) is 0 Å². The molecule has 0 radical (unpaired) electrons. The van der Waals surface area contributed by atoms with Gasteiger partial charge in [-0.05, 0) is 46.9 Å². The van der Waals surface area contributed by atoms with Gasteiger partial charge in [-0.1, -0.05) is 11.8 Å². The number of H-pyrrole nitrogens is 1. The van der Waals surface area contributed by atoms with Gasteiger partial charge in [-0.3, -0.25) is 9.59 Å². The van der Waals surface area contributed by atoms with Gasteiger partial charge in [0.15, 0.2) is 5.16 Å². The number of carbonyl (C=O) groups excluding carboxylic acids is 1. The number of nitrogens with zero attached hydrogens (tertiary/aromatic N) is 1. The third kappa shape index (κ3) is 4.53. The van der Waals surface area contributed by atoms with Crippen molar-refractivity contribution in [3.63, 3.8) is 0 Å². The zero-order valence-electron chi connectivity index (χ0n) is 10.1. The van der Waals surface area contributed by atoms with Crippen LogP contribution in [-0.4, -0.2) is 26.7 Å². The molecule has 2 rings (SSSR count). The molecule has 1 aromatic carbocycles. The van der Waals surface area contributed by atoms with Crippen LogP contribution in [0.1, 0.15) is 0 Å². The second-order valence-electron chi connectivity index (χ2n) is 3.75. The summed E-state index contributed by atoms with van der Waals surface area (Å²) in [5.74, 6) is -0.505. The lowest BCUT2D eigenvalue weighted by Crippen LogP contribution is -2.15. The maximum atomic E-state index is 11.7. The first-order chi connectivity index (χ1) is 9.52. The third-order valence-electron chi connectivity index (χ3n) is 2.17. The second kappa shape index (κ2) is 6.75. The Labute approximate surface area is 132 Å². The first-order valence-corrected chi connectivity index (χ1v) is 7.58. The molecule has 1 aromatic heterocycles. The van der Waals surface area contributed by atoms with Crippen molar-refractivity contribution in [3.05, 3.63) is 44.3 Å². The number of halogens is 1. The van der Waals surface area contributed by atoms with Crippen LogP contribution in [0.15, 0.2) is 40.3 Å². The van der Waals surface area contributed by atoms with Gasteiger partial charge in [0.2, 0.25) is 11.8 Å². The minimum Gasteiger partial charge on any atom is -0.493 e. The van der Waals surface area contributed by atoms with Gasteiger partial charge < -0.3 is 15.4 Å². The summed E-state index contributed by atoms with van der Waals surface area (Å²) in [5.41, 5.74) is 0.242. The Hall–Kier alpha value is -1.55.